The van der Waals surface area contributed by atoms with Gasteiger partial charge in [-0.25, -0.2) is 0 Å². The van der Waals surface area contributed by atoms with E-state index in [1.54, 1.807) is 0 Å². The standard InChI is InChI=1S/C16H22N2O2S/c1-12-4-2-9-18(16(12)19)10-3-11-20-14-7-5-13(6-8-14)15(17)21/h5-8,12H,2-4,9-11H2,1H3,(H2,17,21). The molecule has 0 aromatic heterocycles. The first-order chi connectivity index (χ1) is 10.1. The van der Waals surface area contributed by atoms with Crippen LogP contribution in [-0.4, -0.2) is 35.5 Å². The van der Waals surface area contributed by atoms with Crippen LogP contribution in [0.2, 0.25) is 0 Å². The molecule has 114 valence electrons. The van der Waals surface area contributed by atoms with E-state index in [0.717, 1.165) is 43.7 Å². The molecular weight excluding hydrogens is 284 g/mol. The van der Waals surface area contributed by atoms with Gasteiger partial charge in [0.2, 0.25) is 5.91 Å². The van der Waals surface area contributed by atoms with Crippen LogP contribution in [0.5, 0.6) is 5.75 Å². The lowest BCUT2D eigenvalue weighted by Crippen LogP contribution is -2.41. The van der Waals surface area contributed by atoms with Gasteiger partial charge in [0.25, 0.3) is 0 Å². The molecule has 0 saturated carbocycles. The smallest absolute Gasteiger partial charge is 0.225 e. The molecule has 1 aliphatic heterocycles. The number of nitrogens with zero attached hydrogens (tertiary/aromatic N) is 1. The third kappa shape index (κ3) is 4.43. The lowest BCUT2D eigenvalue weighted by Gasteiger charge is -2.30. The number of thiocarbonyl (C=S) groups is 1. The van der Waals surface area contributed by atoms with Crippen molar-refractivity contribution in [3.05, 3.63) is 29.8 Å². The number of likely N-dealkylation sites (tertiary alicyclic amines) is 1. The average molecular weight is 306 g/mol. The number of hydrogen-bond donors (Lipinski definition) is 1. The second-order valence-electron chi connectivity index (χ2n) is 5.46. The summed E-state index contributed by atoms with van der Waals surface area (Å²) >= 11 is 4.90. The Balaban J connectivity index is 1.72. The van der Waals surface area contributed by atoms with Gasteiger partial charge >= 0.3 is 0 Å². The molecule has 21 heavy (non-hydrogen) atoms. The first-order valence-corrected chi connectivity index (χ1v) is 7.80. The second-order valence-corrected chi connectivity index (χ2v) is 5.90. The van der Waals surface area contributed by atoms with Gasteiger partial charge in [-0.3, -0.25) is 4.79 Å². The number of rotatable bonds is 6. The largest absolute Gasteiger partial charge is 0.494 e. The molecule has 0 spiro atoms. The van der Waals surface area contributed by atoms with Crippen molar-refractivity contribution in [2.45, 2.75) is 26.2 Å². The summed E-state index contributed by atoms with van der Waals surface area (Å²) in [7, 11) is 0. The fourth-order valence-corrected chi connectivity index (χ4v) is 2.65. The molecule has 2 N–H and O–H groups in total. The van der Waals surface area contributed by atoms with Crippen LogP contribution in [0.15, 0.2) is 24.3 Å². The van der Waals surface area contributed by atoms with Crippen LogP contribution in [0.1, 0.15) is 31.7 Å². The Kier molecular flexibility index (Phi) is 5.56. The summed E-state index contributed by atoms with van der Waals surface area (Å²) in [6.45, 7) is 4.26. The van der Waals surface area contributed by atoms with Crippen LogP contribution in [0, 0.1) is 5.92 Å². The summed E-state index contributed by atoms with van der Waals surface area (Å²) < 4.78 is 5.67. The van der Waals surface area contributed by atoms with E-state index in [1.165, 1.54) is 0 Å². The van der Waals surface area contributed by atoms with Gasteiger partial charge in [0.1, 0.15) is 10.7 Å². The molecule has 1 aliphatic rings. The molecule has 1 saturated heterocycles. The van der Waals surface area contributed by atoms with Gasteiger partial charge in [-0.05, 0) is 43.5 Å². The zero-order chi connectivity index (χ0) is 15.2. The van der Waals surface area contributed by atoms with Gasteiger partial charge in [0.05, 0.1) is 6.61 Å². The minimum Gasteiger partial charge on any atom is -0.494 e. The Morgan fingerprint density at radius 1 is 1.43 bits per heavy atom. The number of carbonyl (C=O) groups is 1. The van der Waals surface area contributed by atoms with Gasteiger partial charge < -0.3 is 15.4 Å². The number of amides is 1. The van der Waals surface area contributed by atoms with Gasteiger partial charge in [-0.15, -0.1) is 0 Å². The van der Waals surface area contributed by atoms with Crippen molar-refractivity contribution in [3.63, 3.8) is 0 Å². The quantitative estimate of drug-likeness (QED) is 0.647. The number of hydrogen-bond acceptors (Lipinski definition) is 3. The van der Waals surface area contributed by atoms with E-state index in [2.05, 4.69) is 0 Å². The maximum absolute atomic E-state index is 12.0. The fraction of sp³-hybridized carbons (Fsp3) is 0.500. The zero-order valence-electron chi connectivity index (χ0n) is 12.4. The highest BCUT2D eigenvalue weighted by Gasteiger charge is 2.24. The molecule has 4 nitrogen and oxygen atoms in total. The van der Waals surface area contributed by atoms with Crippen molar-refractivity contribution in [3.8, 4) is 5.75 Å². The number of nitrogens with two attached hydrogens (primary N) is 1. The third-order valence-electron chi connectivity index (χ3n) is 3.78. The van der Waals surface area contributed by atoms with Crippen molar-refractivity contribution in [1.82, 2.24) is 4.90 Å². The normalized spacial score (nSPS) is 18.6. The topological polar surface area (TPSA) is 55.6 Å². The number of ether oxygens (including phenoxy) is 1. The molecule has 1 atom stereocenters. The van der Waals surface area contributed by atoms with Crippen molar-refractivity contribution >= 4 is 23.1 Å². The van der Waals surface area contributed by atoms with Crippen LogP contribution in [0.3, 0.4) is 0 Å². The number of piperidine rings is 1. The Bertz CT molecular complexity index is 502. The highest BCUT2D eigenvalue weighted by Crippen LogP contribution is 2.17. The molecule has 1 amide bonds. The summed E-state index contributed by atoms with van der Waals surface area (Å²) in [5.41, 5.74) is 6.38. The number of benzene rings is 1. The predicted molar refractivity (Wildman–Crippen MR) is 87.4 cm³/mol. The van der Waals surface area contributed by atoms with Gasteiger partial charge in [-0.2, -0.15) is 0 Å². The highest BCUT2D eigenvalue weighted by atomic mass is 32.1. The minimum absolute atomic E-state index is 0.173. The van der Waals surface area contributed by atoms with E-state index in [0.29, 0.717) is 11.6 Å². The molecule has 1 heterocycles. The average Bonchev–Trinajstić information content (AvgIpc) is 2.48. The molecule has 5 heteroatoms. The Hall–Kier alpha value is -1.62. The van der Waals surface area contributed by atoms with Crippen LogP contribution >= 0.6 is 12.2 Å². The zero-order valence-corrected chi connectivity index (χ0v) is 13.2. The van der Waals surface area contributed by atoms with Crippen LogP contribution in [0.25, 0.3) is 0 Å². The van der Waals surface area contributed by atoms with Crippen molar-refractivity contribution in [2.75, 3.05) is 19.7 Å². The summed E-state index contributed by atoms with van der Waals surface area (Å²) in [4.78, 5) is 14.3. The Morgan fingerprint density at radius 3 is 2.81 bits per heavy atom. The third-order valence-corrected chi connectivity index (χ3v) is 4.01. The summed E-state index contributed by atoms with van der Waals surface area (Å²) in [6.07, 6.45) is 2.96. The Labute approximate surface area is 131 Å². The van der Waals surface area contributed by atoms with E-state index >= 15 is 0 Å². The van der Waals surface area contributed by atoms with Crippen molar-refractivity contribution in [2.24, 2.45) is 11.7 Å². The monoisotopic (exact) mass is 306 g/mol. The molecule has 1 aromatic carbocycles. The molecule has 0 bridgehead atoms. The lowest BCUT2D eigenvalue weighted by molar-refractivity contribution is -0.137. The number of carbonyl (C=O) groups excluding carboxylic acids is 1. The first kappa shape index (κ1) is 15.8. The lowest BCUT2D eigenvalue weighted by atomic mass is 9.99. The van der Waals surface area contributed by atoms with Gasteiger partial charge in [-0.1, -0.05) is 19.1 Å². The molecule has 1 unspecified atom stereocenters. The maximum Gasteiger partial charge on any atom is 0.225 e. The van der Waals surface area contributed by atoms with Crippen LogP contribution < -0.4 is 10.5 Å². The van der Waals surface area contributed by atoms with E-state index < -0.39 is 0 Å². The second kappa shape index (κ2) is 7.41. The maximum atomic E-state index is 12.0. The summed E-state index contributed by atoms with van der Waals surface area (Å²) in [5.74, 6) is 1.25. The first-order valence-electron chi connectivity index (χ1n) is 7.39. The molecular formula is C16H22N2O2S. The van der Waals surface area contributed by atoms with Crippen molar-refractivity contribution in [1.29, 1.82) is 0 Å². The molecule has 1 fully saturated rings. The van der Waals surface area contributed by atoms with Gasteiger partial charge in [0, 0.05) is 24.6 Å². The predicted octanol–water partition coefficient (Wildman–Crippen LogP) is 2.35. The minimum atomic E-state index is 0.173. The fourth-order valence-electron chi connectivity index (χ4n) is 2.52. The molecule has 0 radical (unpaired) electrons. The van der Waals surface area contributed by atoms with Crippen molar-refractivity contribution < 1.29 is 9.53 Å². The van der Waals surface area contributed by atoms with Gasteiger partial charge in [0.15, 0.2) is 0 Å². The van der Waals surface area contributed by atoms with E-state index in [-0.39, 0.29) is 11.8 Å². The molecule has 1 aromatic rings. The van der Waals surface area contributed by atoms with E-state index in [4.69, 9.17) is 22.7 Å². The SMILES string of the molecule is CC1CCCN(CCCOc2ccc(C(N)=S)cc2)C1=O. The van der Waals surface area contributed by atoms with Crippen LogP contribution in [-0.2, 0) is 4.79 Å². The summed E-state index contributed by atoms with van der Waals surface area (Å²) in [5, 5.41) is 0. The van der Waals surface area contributed by atoms with E-state index in [1.807, 2.05) is 36.1 Å². The molecule has 0 aliphatic carbocycles. The van der Waals surface area contributed by atoms with Crippen LogP contribution in [0.4, 0.5) is 0 Å². The Morgan fingerprint density at radius 2 is 2.14 bits per heavy atom. The highest BCUT2D eigenvalue weighted by molar-refractivity contribution is 7.80. The van der Waals surface area contributed by atoms with E-state index in [9.17, 15) is 4.79 Å². The molecule has 2 rings (SSSR count). The summed E-state index contributed by atoms with van der Waals surface area (Å²) in [6, 6.07) is 7.44.